The molecule has 0 spiro atoms. The standard InChI is InChI=1S/C13H21ClN4O2/c1-2-20-13(19)12-11(10-14)18(16-15-12)9-8-17-6-4-3-5-7-17/h2-10H2,1H3. The van der Waals surface area contributed by atoms with Crippen LogP contribution in [0, 0.1) is 0 Å². The zero-order chi connectivity index (χ0) is 14.4. The van der Waals surface area contributed by atoms with E-state index in [1.807, 2.05) is 0 Å². The Morgan fingerprint density at radius 1 is 1.30 bits per heavy atom. The Hall–Kier alpha value is -1.14. The smallest absolute Gasteiger partial charge is 0.360 e. The first-order chi connectivity index (χ1) is 9.76. The van der Waals surface area contributed by atoms with E-state index in [1.54, 1.807) is 11.6 Å². The van der Waals surface area contributed by atoms with E-state index in [4.69, 9.17) is 16.3 Å². The van der Waals surface area contributed by atoms with Crippen LogP contribution < -0.4 is 0 Å². The second kappa shape index (κ2) is 7.59. The summed E-state index contributed by atoms with van der Waals surface area (Å²) in [5.41, 5.74) is 0.877. The molecule has 20 heavy (non-hydrogen) atoms. The van der Waals surface area contributed by atoms with Crippen LogP contribution in [0.4, 0.5) is 0 Å². The Morgan fingerprint density at radius 3 is 2.70 bits per heavy atom. The van der Waals surface area contributed by atoms with Gasteiger partial charge in [-0.05, 0) is 32.9 Å². The van der Waals surface area contributed by atoms with Gasteiger partial charge < -0.3 is 9.64 Å². The highest BCUT2D eigenvalue weighted by atomic mass is 35.5. The molecule has 1 aromatic rings. The van der Waals surface area contributed by atoms with Crippen molar-refractivity contribution in [3.8, 4) is 0 Å². The number of likely N-dealkylation sites (tertiary alicyclic amines) is 1. The fraction of sp³-hybridized carbons (Fsp3) is 0.769. The molecule has 1 aliphatic rings. The van der Waals surface area contributed by atoms with Crippen molar-refractivity contribution in [2.24, 2.45) is 0 Å². The number of aromatic nitrogens is 3. The third kappa shape index (κ3) is 3.70. The molecule has 0 aromatic carbocycles. The summed E-state index contributed by atoms with van der Waals surface area (Å²) in [6.45, 7) is 5.97. The maximum absolute atomic E-state index is 11.7. The van der Waals surface area contributed by atoms with Gasteiger partial charge in [-0.25, -0.2) is 9.48 Å². The normalized spacial score (nSPS) is 16.3. The lowest BCUT2D eigenvalue weighted by Crippen LogP contribution is -2.33. The van der Waals surface area contributed by atoms with E-state index in [9.17, 15) is 4.79 Å². The molecule has 1 fully saturated rings. The number of alkyl halides is 1. The molecule has 7 heteroatoms. The first-order valence-corrected chi connectivity index (χ1v) is 7.67. The summed E-state index contributed by atoms with van der Waals surface area (Å²) in [7, 11) is 0. The van der Waals surface area contributed by atoms with Crippen LogP contribution in [0.15, 0.2) is 0 Å². The van der Waals surface area contributed by atoms with E-state index in [1.165, 1.54) is 19.3 Å². The van der Waals surface area contributed by atoms with Crippen LogP contribution in [0.5, 0.6) is 0 Å². The van der Waals surface area contributed by atoms with Gasteiger partial charge in [-0.3, -0.25) is 0 Å². The number of carbonyl (C=O) groups excluding carboxylic acids is 1. The second-order valence-corrected chi connectivity index (χ2v) is 5.13. The van der Waals surface area contributed by atoms with Crippen molar-refractivity contribution >= 4 is 17.6 Å². The summed E-state index contributed by atoms with van der Waals surface area (Å²) >= 11 is 5.92. The molecule has 0 unspecified atom stereocenters. The molecule has 0 atom stereocenters. The van der Waals surface area contributed by atoms with Gasteiger partial charge in [-0.1, -0.05) is 11.6 Å². The van der Waals surface area contributed by atoms with Crippen molar-refractivity contribution < 1.29 is 9.53 Å². The first kappa shape index (κ1) is 15.3. The largest absolute Gasteiger partial charge is 0.461 e. The quantitative estimate of drug-likeness (QED) is 0.591. The molecule has 112 valence electrons. The van der Waals surface area contributed by atoms with Crippen molar-refractivity contribution in [3.63, 3.8) is 0 Å². The van der Waals surface area contributed by atoms with Crippen LogP contribution in [-0.2, 0) is 17.2 Å². The monoisotopic (exact) mass is 300 g/mol. The maximum Gasteiger partial charge on any atom is 0.360 e. The molecule has 1 saturated heterocycles. The molecule has 0 bridgehead atoms. The highest BCUT2D eigenvalue weighted by molar-refractivity contribution is 6.17. The van der Waals surface area contributed by atoms with Crippen LogP contribution in [0.1, 0.15) is 42.4 Å². The van der Waals surface area contributed by atoms with E-state index in [0.717, 1.165) is 19.6 Å². The van der Waals surface area contributed by atoms with Crippen LogP contribution in [0.25, 0.3) is 0 Å². The number of carbonyl (C=O) groups is 1. The average molecular weight is 301 g/mol. The number of hydrogen-bond acceptors (Lipinski definition) is 5. The molecular formula is C13H21ClN4O2. The van der Waals surface area contributed by atoms with Crippen LogP contribution in [0.3, 0.4) is 0 Å². The van der Waals surface area contributed by atoms with Crippen molar-refractivity contribution in [1.29, 1.82) is 0 Å². The Kier molecular flexibility index (Phi) is 5.79. The van der Waals surface area contributed by atoms with Gasteiger partial charge in [0.05, 0.1) is 24.7 Å². The van der Waals surface area contributed by atoms with Gasteiger partial charge in [0, 0.05) is 6.54 Å². The average Bonchev–Trinajstić information content (AvgIpc) is 2.89. The van der Waals surface area contributed by atoms with Crippen LogP contribution in [-0.4, -0.2) is 52.1 Å². The number of nitrogens with zero attached hydrogens (tertiary/aromatic N) is 4. The minimum Gasteiger partial charge on any atom is -0.461 e. The highest BCUT2D eigenvalue weighted by Crippen LogP contribution is 2.12. The van der Waals surface area contributed by atoms with Gasteiger partial charge in [0.2, 0.25) is 0 Å². The zero-order valence-electron chi connectivity index (χ0n) is 11.8. The topological polar surface area (TPSA) is 60.2 Å². The molecule has 0 radical (unpaired) electrons. The lowest BCUT2D eigenvalue weighted by Gasteiger charge is -2.26. The summed E-state index contributed by atoms with van der Waals surface area (Å²) in [5.74, 6) is -0.242. The number of ether oxygens (including phenoxy) is 1. The molecule has 2 rings (SSSR count). The Balaban J connectivity index is 1.98. The number of esters is 1. The summed E-state index contributed by atoms with van der Waals surface area (Å²) in [5, 5.41) is 7.93. The van der Waals surface area contributed by atoms with E-state index in [2.05, 4.69) is 15.2 Å². The van der Waals surface area contributed by atoms with Gasteiger partial charge in [0.1, 0.15) is 0 Å². The maximum atomic E-state index is 11.7. The minimum atomic E-state index is -0.452. The predicted molar refractivity (Wildman–Crippen MR) is 75.8 cm³/mol. The molecule has 1 aliphatic heterocycles. The Labute approximate surface area is 124 Å². The van der Waals surface area contributed by atoms with Crippen molar-refractivity contribution in [2.45, 2.75) is 38.6 Å². The number of piperidine rings is 1. The molecule has 0 amide bonds. The van der Waals surface area contributed by atoms with E-state index in [-0.39, 0.29) is 11.6 Å². The zero-order valence-corrected chi connectivity index (χ0v) is 12.6. The Morgan fingerprint density at radius 2 is 2.05 bits per heavy atom. The second-order valence-electron chi connectivity index (χ2n) is 4.86. The summed E-state index contributed by atoms with van der Waals surface area (Å²) in [6, 6.07) is 0. The molecule has 2 heterocycles. The summed E-state index contributed by atoms with van der Waals surface area (Å²) in [4.78, 5) is 14.1. The molecule has 0 aliphatic carbocycles. The van der Waals surface area contributed by atoms with Gasteiger partial charge in [-0.2, -0.15) is 0 Å². The SMILES string of the molecule is CCOC(=O)c1nnn(CCN2CCCCC2)c1CCl. The lowest BCUT2D eigenvalue weighted by atomic mass is 10.1. The first-order valence-electron chi connectivity index (χ1n) is 7.14. The lowest BCUT2D eigenvalue weighted by molar-refractivity contribution is 0.0518. The number of hydrogen-bond donors (Lipinski definition) is 0. The van der Waals surface area contributed by atoms with Crippen molar-refractivity contribution in [1.82, 2.24) is 19.9 Å². The fourth-order valence-electron chi connectivity index (χ4n) is 2.42. The summed E-state index contributed by atoms with van der Waals surface area (Å²) < 4.78 is 6.67. The van der Waals surface area contributed by atoms with Gasteiger partial charge in [0.15, 0.2) is 5.69 Å². The van der Waals surface area contributed by atoms with Gasteiger partial charge in [0.25, 0.3) is 0 Å². The number of rotatable bonds is 6. The predicted octanol–water partition coefficient (Wildman–Crippen LogP) is 1.68. The highest BCUT2D eigenvalue weighted by Gasteiger charge is 2.20. The molecule has 1 aromatic heterocycles. The molecule has 6 nitrogen and oxygen atoms in total. The van der Waals surface area contributed by atoms with Crippen LogP contribution >= 0.6 is 11.6 Å². The van der Waals surface area contributed by atoms with E-state index in [0.29, 0.717) is 18.8 Å². The third-order valence-corrected chi connectivity index (χ3v) is 3.76. The van der Waals surface area contributed by atoms with Gasteiger partial charge >= 0.3 is 5.97 Å². The molecule has 0 saturated carbocycles. The van der Waals surface area contributed by atoms with Gasteiger partial charge in [-0.15, -0.1) is 16.7 Å². The Bertz CT molecular complexity index is 444. The minimum absolute atomic E-state index is 0.209. The van der Waals surface area contributed by atoms with Crippen molar-refractivity contribution in [3.05, 3.63) is 11.4 Å². The van der Waals surface area contributed by atoms with Crippen LogP contribution in [0.2, 0.25) is 0 Å². The third-order valence-electron chi connectivity index (χ3n) is 3.51. The van der Waals surface area contributed by atoms with E-state index >= 15 is 0 Å². The molecular weight excluding hydrogens is 280 g/mol. The number of halogens is 1. The molecule has 0 N–H and O–H groups in total. The fourth-order valence-corrected chi connectivity index (χ4v) is 2.69. The summed E-state index contributed by atoms with van der Waals surface area (Å²) in [6.07, 6.45) is 3.83. The van der Waals surface area contributed by atoms with E-state index < -0.39 is 5.97 Å². The van der Waals surface area contributed by atoms with Crippen molar-refractivity contribution in [2.75, 3.05) is 26.2 Å².